The van der Waals surface area contributed by atoms with Crippen LogP contribution >= 0.6 is 11.6 Å². The SMILES string of the molecule is Cc1cccc(C(=O)NCC2CCN(Cc3ccccn3)C2)c1Cl. The molecule has 1 unspecified atom stereocenters. The van der Waals surface area contributed by atoms with Crippen molar-refractivity contribution in [2.75, 3.05) is 19.6 Å². The lowest BCUT2D eigenvalue weighted by molar-refractivity contribution is 0.0947. The lowest BCUT2D eigenvalue weighted by Crippen LogP contribution is -2.31. The Hall–Kier alpha value is -1.91. The fourth-order valence-electron chi connectivity index (χ4n) is 3.10. The van der Waals surface area contributed by atoms with Crippen molar-refractivity contribution in [1.29, 1.82) is 0 Å². The van der Waals surface area contributed by atoms with Gasteiger partial charge in [0.1, 0.15) is 0 Å². The number of amides is 1. The third-order valence-electron chi connectivity index (χ3n) is 4.47. The van der Waals surface area contributed by atoms with E-state index in [1.54, 1.807) is 6.07 Å². The summed E-state index contributed by atoms with van der Waals surface area (Å²) in [7, 11) is 0. The maximum atomic E-state index is 12.3. The molecule has 1 fully saturated rings. The number of aromatic nitrogens is 1. The maximum Gasteiger partial charge on any atom is 0.252 e. The minimum absolute atomic E-state index is 0.0909. The molecule has 0 saturated carbocycles. The van der Waals surface area contributed by atoms with Crippen LogP contribution in [0.15, 0.2) is 42.6 Å². The summed E-state index contributed by atoms with van der Waals surface area (Å²) in [5.74, 6) is 0.383. The first-order chi connectivity index (χ1) is 11.6. The van der Waals surface area contributed by atoms with Crippen LogP contribution < -0.4 is 5.32 Å². The number of carbonyl (C=O) groups excluding carboxylic acids is 1. The van der Waals surface area contributed by atoms with Gasteiger partial charge in [0.25, 0.3) is 5.91 Å². The molecule has 1 aliphatic rings. The first kappa shape index (κ1) is 16.9. The van der Waals surface area contributed by atoms with Gasteiger partial charge in [-0.1, -0.05) is 29.8 Å². The highest BCUT2D eigenvalue weighted by atomic mass is 35.5. The Bertz CT molecular complexity index is 705. The van der Waals surface area contributed by atoms with E-state index in [1.807, 2.05) is 37.4 Å². The van der Waals surface area contributed by atoms with Gasteiger partial charge in [-0.25, -0.2) is 0 Å². The number of nitrogens with one attached hydrogen (secondary N) is 1. The van der Waals surface area contributed by atoms with E-state index in [0.717, 1.165) is 37.3 Å². The number of carbonyl (C=O) groups is 1. The Kier molecular flexibility index (Phi) is 5.48. The average molecular weight is 344 g/mol. The Morgan fingerprint density at radius 2 is 2.21 bits per heavy atom. The van der Waals surface area contributed by atoms with Gasteiger partial charge in [0, 0.05) is 25.8 Å². The molecule has 126 valence electrons. The van der Waals surface area contributed by atoms with Gasteiger partial charge in [-0.05, 0) is 49.6 Å². The van der Waals surface area contributed by atoms with Gasteiger partial charge in [0.2, 0.25) is 0 Å². The van der Waals surface area contributed by atoms with Crippen molar-refractivity contribution >= 4 is 17.5 Å². The molecule has 0 radical (unpaired) electrons. The van der Waals surface area contributed by atoms with Gasteiger partial charge >= 0.3 is 0 Å². The van der Waals surface area contributed by atoms with E-state index in [4.69, 9.17) is 11.6 Å². The Morgan fingerprint density at radius 3 is 3.00 bits per heavy atom. The zero-order valence-electron chi connectivity index (χ0n) is 13.8. The van der Waals surface area contributed by atoms with Crippen LogP contribution in [0.25, 0.3) is 0 Å². The van der Waals surface area contributed by atoms with Gasteiger partial charge in [-0.2, -0.15) is 0 Å². The summed E-state index contributed by atoms with van der Waals surface area (Å²) >= 11 is 6.22. The van der Waals surface area contributed by atoms with Crippen LogP contribution in [0.2, 0.25) is 5.02 Å². The summed E-state index contributed by atoms with van der Waals surface area (Å²) in [6.45, 7) is 5.49. The predicted octanol–water partition coefficient (Wildman–Crippen LogP) is 3.30. The highest BCUT2D eigenvalue weighted by Crippen LogP contribution is 2.21. The quantitative estimate of drug-likeness (QED) is 0.906. The summed E-state index contributed by atoms with van der Waals surface area (Å²) in [6.07, 6.45) is 2.92. The number of pyridine rings is 1. The van der Waals surface area contributed by atoms with E-state index in [1.165, 1.54) is 0 Å². The van der Waals surface area contributed by atoms with Gasteiger partial charge < -0.3 is 5.32 Å². The molecule has 1 N–H and O–H groups in total. The van der Waals surface area contributed by atoms with Crippen LogP contribution in [0, 0.1) is 12.8 Å². The lowest BCUT2D eigenvalue weighted by Gasteiger charge is -2.16. The third-order valence-corrected chi connectivity index (χ3v) is 4.97. The topological polar surface area (TPSA) is 45.2 Å². The van der Waals surface area contributed by atoms with Crippen LogP contribution in [-0.2, 0) is 6.54 Å². The van der Waals surface area contributed by atoms with Crippen molar-refractivity contribution in [2.24, 2.45) is 5.92 Å². The monoisotopic (exact) mass is 343 g/mol. The molecular weight excluding hydrogens is 322 g/mol. The third kappa shape index (κ3) is 4.13. The number of likely N-dealkylation sites (tertiary alicyclic amines) is 1. The highest BCUT2D eigenvalue weighted by Gasteiger charge is 2.23. The molecule has 1 atom stereocenters. The second-order valence-corrected chi connectivity index (χ2v) is 6.74. The zero-order valence-corrected chi connectivity index (χ0v) is 14.6. The second kappa shape index (κ2) is 7.77. The second-order valence-electron chi connectivity index (χ2n) is 6.36. The molecule has 0 spiro atoms. The summed E-state index contributed by atoms with van der Waals surface area (Å²) in [5.41, 5.74) is 2.57. The number of halogens is 1. The van der Waals surface area contributed by atoms with E-state index < -0.39 is 0 Å². The van der Waals surface area contributed by atoms with Gasteiger partial charge in [0.05, 0.1) is 16.3 Å². The Morgan fingerprint density at radius 1 is 1.33 bits per heavy atom. The van der Waals surface area contributed by atoms with E-state index in [-0.39, 0.29) is 5.91 Å². The average Bonchev–Trinajstić information content (AvgIpc) is 3.03. The number of nitrogens with zero attached hydrogens (tertiary/aromatic N) is 2. The number of aryl methyl sites for hydroxylation is 1. The predicted molar refractivity (Wildman–Crippen MR) is 96.1 cm³/mol. The molecule has 24 heavy (non-hydrogen) atoms. The molecule has 1 aromatic heterocycles. The molecule has 2 aromatic rings. The van der Waals surface area contributed by atoms with Crippen LogP contribution in [-0.4, -0.2) is 35.4 Å². The molecule has 1 aromatic carbocycles. The maximum absolute atomic E-state index is 12.3. The molecular formula is C19H22ClN3O. The minimum atomic E-state index is -0.0909. The molecule has 5 heteroatoms. The molecule has 0 aliphatic carbocycles. The summed E-state index contributed by atoms with van der Waals surface area (Å²) < 4.78 is 0. The lowest BCUT2D eigenvalue weighted by atomic mass is 10.1. The number of benzene rings is 1. The molecule has 1 saturated heterocycles. The number of rotatable bonds is 5. The number of hydrogen-bond acceptors (Lipinski definition) is 3. The van der Waals surface area contributed by atoms with Crippen molar-refractivity contribution in [3.8, 4) is 0 Å². The van der Waals surface area contributed by atoms with Crippen LogP contribution in [0.5, 0.6) is 0 Å². The van der Waals surface area contributed by atoms with E-state index >= 15 is 0 Å². The normalized spacial score (nSPS) is 17.8. The van der Waals surface area contributed by atoms with Crippen molar-refractivity contribution < 1.29 is 4.79 Å². The standard InChI is InChI=1S/C19H22ClN3O/c1-14-5-4-7-17(18(14)20)19(24)22-11-15-8-10-23(12-15)13-16-6-2-3-9-21-16/h2-7,9,15H,8,10-13H2,1H3,(H,22,24). The van der Waals surface area contributed by atoms with Crippen LogP contribution in [0.3, 0.4) is 0 Å². The fraction of sp³-hybridized carbons (Fsp3) is 0.368. The molecule has 4 nitrogen and oxygen atoms in total. The fourth-order valence-corrected chi connectivity index (χ4v) is 3.31. The van der Waals surface area contributed by atoms with Crippen LogP contribution in [0.1, 0.15) is 28.0 Å². The van der Waals surface area contributed by atoms with Gasteiger partial charge in [-0.3, -0.25) is 14.7 Å². The first-order valence-corrected chi connectivity index (χ1v) is 8.67. The van der Waals surface area contributed by atoms with Gasteiger partial charge in [0.15, 0.2) is 0 Å². The van der Waals surface area contributed by atoms with Gasteiger partial charge in [-0.15, -0.1) is 0 Å². The molecule has 1 amide bonds. The largest absolute Gasteiger partial charge is 0.352 e. The smallest absolute Gasteiger partial charge is 0.252 e. The molecule has 2 heterocycles. The first-order valence-electron chi connectivity index (χ1n) is 8.29. The van der Waals surface area contributed by atoms with E-state index in [9.17, 15) is 4.79 Å². The zero-order chi connectivity index (χ0) is 16.9. The van der Waals surface area contributed by atoms with Crippen molar-refractivity contribution in [1.82, 2.24) is 15.2 Å². The molecule has 1 aliphatic heterocycles. The minimum Gasteiger partial charge on any atom is -0.352 e. The van der Waals surface area contributed by atoms with E-state index in [0.29, 0.717) is 23.0 Å². The van der Waals surface area contributed by atoms with Crippen molar-refractivity contribution in [3.63, 3.8) is 0 Å². The highest BCUT2D eigenvalue weighted by molar-refractivity contribution is 6.34. The summed E-state index contributed by atoms with van der Waals surface area (Å²) in [5, 5.41) is 3.57. The Balaban J connectivity index is 1.49. The number of hydrogen-bond donors (Lipinski definition) is 1. The van der Waals surface area contributed by atoms with E-state index in [2.05, 4.69) is 21.3 Å². The van der Waals surface area contributed by atoms with Crippen LogP contribution in [0.4, 0.5) is 0 Å². The molecule has 3 rings (SSSR count). The summed E-state index contributed by atoms with van der Waals surface area (Å²) in [6, 6.07) is 11.5. The van der Waals surface area contributed by atoms with Crippen molar-refractivity contribution in [3.05, 3.63) is 64.4 Å². The van der Waals surface area contributed by atoms with Crippen molar-refractivity contribution in [2.45, 2.75) is 19.9 Å². The Labute approximate surface area is 147 Å². The molecule has 0 bridgehead atoms. The summed E-state index contributed by atoms with van der Waals surface area (Å²) in [4.78, 5) is 19.1.